The summed E-state index contributed by atoms with van der Waals surface area (Å²) in [4.78, 5) is 15.9. The molecule has 0 aliphatic heterocycles. The number of hydrogen-bond donors (Lipinski definition) is 1. The van der Waals surface area contributed by atoms with Gasteiger partial charge in [-0.25, -0.2) is 9.37 Å². The standard InChI is InChI=1S/C11H7Cl2FN2OS/c12-4-6-5-18-11(15-6)16-10(17)7-2-1-3-8(13)9(7)14/h1-3,5H,4H2,(H,15,16,17). The third-order valence-corrected chi connectivity index (χ3v) is 3.48. The van der Waals surface area contributed by atoms with Gasteiger partial charge in [0.25, 0.3) is 5.91 Å². The highest BCUT2D eigenvalue weighted by atomic mass is 35.5. The number of benzene rings is 1. The first-order valence-electron chi connectivity index (χ1n) is 4.87. The molecule has 2 rings (SSSR count). The molecular weight excluding hydrogens is 298 g/mol. The minimum absolute atomic E-state index is 0.0942. The van der Waals surface area contributed by atoms with E-state index >= 15 is 0 Å². The van der Waals surface area contributed by atoms with Gasteiger partial charge in [-0.1, -0.05) is 17.7 Å². The zero-order valence-electron chi connectivity index (χ0n) is 8.91. The van der Waals surface area contributed by atoms with Crippen LogP contribution in [0.4, 0.5) is 9.52 Å². The molecule has 3 nitrogen and oxygen atoms in total. The van der Waals surface area contributed by atoms with Crippen molar-refractivity contribution in [1.82, 2.24) is 4.98 Å². The second-order valence-electron chi connectivity index (χ2n) is 3.33. The molecule has 0 bridgehead atoms. The van der Waals surface area contributed by atoms with Gasteiger partial charge in [0, 0.05) is 5.38 Å². The summed E-state index contributed by atoms with van der Waals surface area (Å²) >= 11 is 12.4. The van der Waals surface area contributed by atoms with Gasteiger partial charge in [-0.3, -0.25) is 10.1 Å². The van der Waals surface area contributed by atoms with Crippen molar-refractivity contribution in [3.63, 3.8) is 0 Å². The van der Waals surface area contributed by atoms with Crippen LogP contribution in [-0.2, 0) is 5.88 Å². The molecule has 0 aliphatic rings. The van der Waals surface area contributed by atoms with Crippen LogP contribution in [-0.4, -0.2) is 10.9 Å². The first-order chi connectivity index (χ1) is 8.61. The van der Waals surface area contributed by atoms with E-state index in [0.29, 0.717) is 10.8 Å². The van der Waals surface area contributed by atoms with Crippen molar-refractivity contribution in [3.05, 3.63) is 45.7 Å². The Morgan fingerprint density at radius 2 is 2.28 bits per heavy atom. The number of nitrogens with one attached hydrogen (secondary N) is 1. The van der Waals surface area contributed by atoms with Crippen LogP contribution in [0.2, 0.25) is 5.02 Å². The number of carbonyl (C=O) groups excluding carboxylic acids is 1. The lowest BCUT2D eigenvalue weighted by atomic mass is 10.2. The lowest BCUT2D eigenvalue weighted by molar-refractivity contribution is 0.102. The Kier molecular flexibility index (Phi) is 4.16. The van der Waals surface area contributed by atoms with Gasteiger partial charge in [0.2, 0.25) is 0 Å². The molecule has 0 radical (unpaired) electrons. The van der Waals surface area contributed by atoms with Crippen molar-refractivity contribution in [2.75, 3.05) is 5.32 Å². The maximum atomic E-state index is 13.6. The van der Waals surface area contributed by atoms with Crippen LogP contribution in [0.25, 0.3) is 0 Å². The van der Waals surface area contributed by atoms with Crippen molar-refractivity contribution in [1.29, 1.82) is 0 Å². The van der Waals surface area contributed by atoms with E-state index < -0.39 is 11.7 Å². The molecule has 1 amide bonds. The number of carbonyl (C=O) groups is 1. The molecule has 2 aromatic rings. The fourth-order valence-electron chi connectivity index (χ4n) is 1.27. The number of aromatic nitrogens is 1. The molecule has 0 saturated heterocycles. The van der Waals surface area contributed by atoms with Crippen LogP contribution in [0.15, 0.2) is 23.6 Å². The van der Waals surface area contributed by atoms with Crippen molar-refractivity contribution < 1.29 is 9.18 Å². The number of thiazole rings is 1. The molecule has 1 aromatic carbocycles. The molecule has 0 unspecified atom stereocenters. The third-order valence-electron chi connectivity index (χ3n) is 2.11. The molecule has 94 valence electrons. The van der Waals surface area contributed by atoms with E-state index in [9.17, 15) is 9.18 Å². The smallest absolute Gasteiger partial charge is 0.260 e. The Balaban J connectivity index is 2.19. The quantitative estimate of drug-likeness (QED) is 0.873. The average molecular weight is 305 g/mol. The van der Waals surface area contributed by atoms with E-state index in [1.807, 2.05) is 0 Å². The van der Waals surface area contributed by atoms with Crippen LogP contribution in [0.5, 0.6) is 0 Å². The number of rotatable bonds is 3. The SMILES string of the molecule is O=C(Nc1nc(CCl)cs1)c1cccc(Cl)c1F. The van der Waals surface area contributed by atoms with Gasteiger partial charge in [0.15, 0.2) is 10.9 Å². The van der Waals surface area contributed by atoms with Crippen LogP contribution in [0.1, 0.15) is 16.1 Å². The van der Waals surface area contributed by atoms with Gasteiger partial charge in [-0.15, -0.1) is 22.9 Å². The Morgan fingerprint density at radius 1 is 1.50 bits per heavy atom. The Hall–Kier alpha value is -1.17. The van der Waals surface area contributed by atoms with Crippen LogP contribution in [0, 0.1) is 5.82 Å². The Morgan fingerprint density at radius 3 is 2.94 bits per heavy atom. The predicted molar refractivity (Wildman–Crippen MR) is 71.0 cm³/mol. The second-order valence-corrected chi connectivity index (χ2v) is 4.87. The lowest BCUT2D eigenvalue weighted by Crippen LogP contribution is -2.13. The van der Waals surface area contributed by atoms with Gasteiger partial charge in [0.05, 0.1) is 22.2 Å². The largest absolute Gasteiger partial charge is 0.298 e. The molecule has 1 heterocycles. The number of alkyl halides is 1. The van der Waals surface area contributed by atoms with Crippen molar-refractivity contribution in [2.45, 2.75) is 5.88 Å². The van der Waals surface area contributed by atoms with E-state index in [4.69, 9.17) is 23.2 Å². The first kappa shape index (κ1) is 13.3. The van der Waals surface area contributed by atoms with E-state index in [-0.39, 0.29) is 16.5 Å². The summed E-state index contributed by atoms with van der Waals surface area (Å²) in [5.74, 6) is -1.07. The zero-order chi connectivity index (χ0) is 13.1. The molecule has 0 saturated carbocycles. The summed E-state index contributed by atoms with van der Waals surface area (Å²) in [5, 5.41) is 4.49. The van der Waals surface area contributed by atoms with Crippen LogP contribution in [0.3, 0.4) is 0 Å². The maximum Gasteiger partial charge on any atom is 0.260 e. The fraction of sp³-hybridized carbons (Fsp3) is 0.0909. The second kappa shape index (κ2) is 5.65. The molecule has 18 heavy (non-hydrogen) atoms. The molecule has 1 aromatic heterocycles. The van der Waals surface area contributed by atoms with Crippen molar-refractivity contribution >= 4 is 45.6 Å². The molecule has 1 N–H and O–H groups in total. The minimum Gasteiger partial charge on any atom is -0.298 e. The number of halogens is 3. The van der Waals surface area contributed by atoms with Gasteiger partial charge in [0.1, 0.15) is 0 Å². The molecule has 0 atom stereocenters. The molecule has 0 spiro atoms. The summed E-state index contributed by atoms with van der Waals surface area (Å²) < 4.78 is 13.6. The highest BCUT2D eigenvalue weighted by Crippen LogP contribution is 2.21. The van der Waals surface area contributed by atoms with Crippen LogP contribution >= 0.6 is 34.5 Å². The minimum atomic E-state index is -0.745. The molecule has 7 heteroatoms. The van der Waals surface area contributed by atoms with E-state index in [2.05, 4.69) is 10.3 Å². The normalized spacial score (nSPS) is 10.4. The maximum absolute atomic E-state index is 13.6. The monoisotopic (exact) mass is 304 g/mol. The number of hydrogen-bond acceptors (Lipinski definition) is 3. The highest BCUT2D eigenvalue weighted by Gasteiger charge is 2.15. The summed E-state index contributed by atoms with van der Waals surface area (Å²) in [6.45, 7) is 0. The van der Waals surface area contributed by atoms with Gasteiger partial charge >= 0.3 is 0 Å². The molecular formula is C11H7Cl2FN2OS. The number of anilines is 1. The Labute approximate surface area is 117 Å². The number of nitrogens with zero attached hydrogens (tertiary/aromatic N) is 1. The van der Waals surface area contributed by atoms with Gasteiger partial charge in [-0.05, 0) is 12.1 Å². The predicted octanol–water partition coefficient (Wildman–Crippen LogP) is 3.93. The van der Waals surface area contributed by atoms with Gasteiger partial charge in [-0.2, -0.15) is 0 Å². The van der Waals surface area contributed by atoms with Crippen molar-refractivity contribution in [3.8, 4) is 0 Å². The fourth-order valence-corrected chi connectivity index (χ4v) is 2.38. The number of amides is 1. The first-order valence-corrected chi connectivity index (χ1v) is 6.66. The lowest BCUT2D eigenvalue weighted by Gasteiger charge is -2.03. The van der Waals surface area contributed by atoms with Gasteiger partial charge < -0.3 is 0 Å². The average Bonchev–Trinajstić information content (AvgIpc) is 2.80. The summed E-state index contributed by atoms with van der Waals surface area (Å²) in [5.41, 5.74) is 0.536. The Bertz CT molecular complexity index is 588. The van der Waals surface area contributed by atoms with E-state index in [0.717, 1.165) is 0 Å². The van der Waals surface area contributed by atoms with Crippen LogP contribution < -0.4 is 5.32 Å². The van der Waals surface area contributed by atoms with E-state index in [1.165, 1.54) is 29.5 Å². The summed E-state index contributed by atoms with van der Waals surface area (Å²) in [6.07, 6.45) is 0. The summed E-state index contributed by atoms with van der Waals surface area (Å²) in [7, 11) is 0. The molecule has 0 aliphatic carbocycles. The summed E-state index contributed by atoms with van der Waals surface area (Å²) in [6, 6.07) is 4.24. The topological polar surface area (TPSA) is 42.0 Å². The highest BCUT2D eigenvalue weighted by molar-refractivity contribution is 7.14. The van der Waals surface area contributed by atoms with Crippen molar-refractivity contribution in [2.24, 2.45) is 0 Å². The molecule has 0 fully saturated rings. The van der Waals surface area contributed by atoms with E-state index in [1.54, 1.807) is 5.38 Å². The zero-order valence-corrected chi connectivity index (χ0v) is 11.2. The third kappa shape index (κ3) is 2.80.